The minimum absolute atomic E-state index is 0.0112. The van der Waals surface area contributed by atoms with Gasteiger partial charge < -0.3 is 19.1 Å². The van der Waals surface area contributed by atoms with Gasteiger partial charge in [0.15, 0.2) is 17.8 Å². The molecule has 2 fully saturated rings. The molecule has 29 heavy (non-hydrogen) atoms. The van der Waals surface area contributed by atoms with Crippen LogP contribution in [0, 0.1) is 5.82 Å². The molecule has 0 spiro atoms. The number of morpholine rings is 1. The largest absolute Gasteiger partial charge is 0.372 e. The zero-order valence-electron chi connectivity index (χ0n) is 16.0. The molecule has 0 bridgehead atoms. The van der Waals surface area contributed by atoms with E-state index in [2.05, 4.69) is 5.16 Å². The van der Waals surface area contributed by atoms with Crippen LogP contribution in [0.1, 0.15) is 41.1 Å². The first-order chi connectivity index (χ1) is 13.7. The van der Waals surface area contributed by atoms with E-state index in [4.69, 9.17) is 9.26 Å². The molecule has 4 rings (SSSR count). The van der Waals surface area contributed by atoms with Crippen LogP contribution in [-0.2, 0) is 4.74 Å². The SMILES string of the molecule is C[C@@H]1CN(c2c(C=O)cc3c(C(=O)N4CCC(F)(F)C4)noc3c2F)C[C@H](C)O1. The van der Waals surface area contributed by atoms with Gasteiger partial charge in [0.1, 0.15) is 0 Å². The Kier molecular flexibility index (Phi) is 4.76. The highest BCUT2D eigenvalue weighted by molar-refractivity contribution is 6.07. The number of nitrogens with zero attached hydrogens (tertiary/aromatic N) is 3. The van der Waals surface area contributed by atoms with Crippen LogP contribution in [-0.4, -0.2) is 66.6 Å². The van der Waals surface area contributed by atoms with Gasteiger partial charge in [-0.25, -0.2) is 13.2 Å². The Morgan fingerprint density at radius 3 is 2.59 bits per heavy atom. The Morgan fingerprint density at radius 1 is 1.31 bits per heavy atom. The normalized spacial score (nSPS) is 24.3. The van der Waals surface area contributed by atoms with E-state index in [-0.39, 0.29) is 46.7 Å². The van der Waals surface area contributed by atoms with E-state index in [1.165, 1.54) is 6.07 Å². The highest BCUT2D eigenvalue weighted by atomic mass is 19.3. The van der Waals surface area contributed by atoms with Crippen LogP contribution in [0.2, 0.25) is 0 Å². The van der Waals surface area contributed by atoms with Gasteiger partial charge in [-0.15, -0.1) is 0 Å². The number of benzene rings is 1. The number of halogens is 3. The summed E-state index contributed by atoms with van der Waals surface area (Å²) in [4.78, 5) is 27.0. The summed E-state index contributed by atoms with van der Waals surface area (Å²) in [6.45, 7) is 3.57. The average Bonchev–Trinajstić information content (AvgIpc) is 3.23. The van der Waals surface area contributed by atoms with Crippen LogP contribution in [0.4, 0.5) is 18.9 Å². The molecule has 1 aromatic carbocycles. The van der Waals surface area contributed by atoms with Crippen LogP contribution < -0.4 is 4.90 Å². The smallest absolute Gasteiger partial charge is 0.276 e. The van der Waals surface area contributed by atoms with Crippen LogP contribution in [0.15, 0.2) is 10.6 Å². The standard InChI is InChI=1S/C19H20F3N3O4/c1-10-6-25(7-11(2)28-10)16-12(8-26)5-13-15(23-29-17(13)14(16)20)18(27)24-4-3-19(21,22)9-24/h5,8,10-11H,3-4,6-7,9H2,1-2H3/t10-,11+. The molecule has 10 heteroatoms. The zero-order valence-corrected chi connectivity index (χ0v) is 16.0. The molecule has 0 radical (unpaired) electrons. The van der Waals surface area contributed by atoms with E-state index in [1.807, 2.05) is 13.8 Å². The number of ether oxygens (including phenoxy) is 1. The van der Waals surface area contributed by atoms with Crippen LogP contribution >= 0.6 is 0 Å². The number of amides is 1. The fourth-order valence-electron chi connectivity index (χ4n) is 4.03. The third kappa shape index (κ3) is 3.45. The van der Waals surface area contributed by atoms with Crippen LogP contribution in [0.3, 0.4) is 0 Å². The van der Waals surface area contributed by atoms with E-state index >= 15 is 4.39 Å². The number of carbonyl (C=O) groups is 2. The van der Waals surface area contributed by atoms with Gasteiger partial charge >= 0.3 is 0 Å². The highest BCUT2D eigenvalue weighted by Crippen LogP contribution is 2.35. The maximum absolute atomic E-state index is 15.3. The Balaban J connectivity index is 1.75. The number of fused-ring (bicyclic) bond motifs is 1. The minimum atomic E-state index is -2.97. The Bertz CT molecular complexity index is 967. The molecule has 2 aliphatic heterocycles. The predicted octanol–water partition coefficient (Wildman–Crippen LogP) is 2.87. The number of likely N-dealkylation sites (tertiary alicyclic amines) is 1. The van der Waals surface area contributed by atoms with Crippen LogP contribution in [0.25, 0.3) is 11.0 Å². The predicted molar refractivity (Wildman–Crippen MR) is 97.0 cm³/mol. The lowest BCUT2D eigenvalue weighted by Crippen LogP contribution is -2.46. The molecule has 2 aliphatic rings. The molecule has 156 valence electrons. The van der Waals surface area contributed by atoms with Crippen molar-refractivity contribution in [3.63, 3.8) is 0 Å². The number of hydrogen-bond acceptors (Lipinski definition) is 6. The summed E-state index contributed by atoms with van der Waals surface area (Å²) in [7, 11) is 0. The summed E-state index contributed by atoms with van der Waals surface area (Å²) >= 11 is 0. The zero-order chi connectivity index (χ0) is 20.9. The highest BCUT2D eigenvalue weighted by Gasteiger charge is 2.42. The van der Waals surface area contributed by atoms with Crippen molar-refractivity contribution in [2.45, 2.75) is 38.4 Å². The van der Waals surface area contributed by atoms with Crippen molar-refractivity contribution in [1.82, 2.24) is 10.1 Å². The van der Waals surface area contributed by atoms with Gasteiger partial charge in [0.25, 0.3) is 11.8 Å². The Hall–Kier alpha value is -2.62. The van der Waals surface area contributed by atoms with Gasteiger partial charge in [0.2, 0.25) is 5.58 Å². The van der Waals surface area contributed by atoms with E-state index in [0.29, 0.717) is 19.4 Å². The van der Waals surface area contributed by atoms with Gasteiger partial charge in [-0.2, -0.15) is 0 Å². The monoisotopic (exact) mass is 411 g/mol. The molecule has 1 amide bonds. The first-order valence-electron chi connectivity index (χ1n) is 9.34. The van der Waals surface area contributed by atoms with Crippen molar-refractivity contribution in [3.05, 3.63) is 23.1 Å². The number of anilines is 1. The topological polar surface area (TPSA) is 75.9 Å². The molecule has 7 nitrogen and oxygen atoms in total. The van der Waals surface area contributed by atoms with Gasteiger partial charge in [-0.1, -0.05) is 5.16 Å². The summed E-state index contributed by atoms with van der Waals surface area (Å²) in [5, 5.41) is 3.62. The molecule has 2 saturated heterocycles. The molecule has 3 heterocycles. The van der Waals surface area contributed by atoms with Gasteiger partial charge in [-0.3, -0.25) is 9.59 Å². The minimum Gasteiger partial charge on any atom is -0.372 e. The Morgan fingerprint density at radius 2 is 2.00 bits per heavy atom. The van der Waals surface area contributed by atoms with E-state index in [0.717, 1.165) is 4.90 Å². The molecule has 2 atom stereocenters. The summed E-state index contributed by atoms with van der Waals surface area (Å²) in [5.74, 6) is -4.56. The third-order valence-corrected chi connectivity index (χ3v) is 5.23. The van der Waals surface area contributed by atoms with Gasteiger partial charge in [0, 0.05) is 31.6 Å². The maximum atomic E-state index is 15.3. The second-order valence-corrected chi connectivity index (χ2v) is 7.65. The molecule has 2 aromatic rings. The molecular weight excluding hydrogens is 391 g/mol. The second-order valence-electron chi connectivity index (χ2n) is 7.65. The van der Waals surface area contributed by atoms with Crippen molar-refractivity contribution in [2.24, 2.45) is 0 Å². The molecule has 0 saturated carbocycles. The number of aldehydes is 1. The van der Waals surface area contributed by atoms with Crippen molar-refractivity contribution >= 4 is 28.8 Å². The van der Waals surface area contributed by atoms with E-state index < -0.39 is 30.6 Å². The quantitative estimate of drug-likeness (QED) is 0.723. The van der Waals surface area contributed by atoms with Crippen molar-refractivity contribution in [3.8, 4) is 0 Å². The lowest BCUT2D eigenvalue weighted by atomic mass is 10.1. The average molecular weight is 411 g/mol. The second kappa shape index (κ2) is 7.01. The van der Waals surface area contributed by atoms with Gasteiger partial charge in [-0.05, 0) is 19.9 Å². The lowest BCUT2D eigenvalue weighted by molar-refractivity contribution is -0.00543. The van der Waals surface area contributed by atoms with E-state index in [9.17, 15) is 18.4 Å². The lowest BCUT2D eigenvalue weighted by Gasteiger charge is -2.37. The van der Waals surface area contributed by atoms with Gasteiger partial charge in [0.05, 0.1) is 29.8 Å². The van der Waals surface area contributed by atoms with Crippen molar-refractivity contribution in [1.29, 1.82) is 0 Å². The molecule has 0 N–H and O–H groups in total. The molecule has 0 aliphatic carbocycles. The number of aromatic nitrogens is 1. The summed E-state index contributed by atoms with van der Waals surface area (Å²) in [5.41, 5.74) is -0.487. The summed E-state index contributed by atoms with van der Waals surface area (Å²) in [6.07, 6.45) is -0.289. The van der Waals surface area contributed by atoms with Crippen molar-refractivity contribution < 1.29 is 32.0 Å². The number of rotatable bonds is 3. The van der Waals surface area contributed by atoms with E-state index in [1.54, 1.807) is 4.90 Å². The van der Waals surface area contributed by atoms with Crippen LogP contribution in [0.5, 0.6) is 0 Å². The fourth-order valence-corrected chi connectivity index (χ4v) is 4.03. The molecular formula is C19H20F3N3O4. The first-order valence-corrected chi connectivity index (χ1v) is 9.34. The molecule has 0 unspecified atom stereocenters. The first kappa shape index (κ1) is 19.7. The summed E-state index contributed by atoms with van der Waals surface area (Å²) in [6, 6.07) is 1.32. The molecule has 1 aromatic heterocycles. The van der Waals surface area contributed by atoms with Crippen molar-refractivity contribution in [2.75, 3.05) is 31.1 Å². The number of hydrogen-bond donors (Lipinski definition) is 0. The fraction of sp³-hybridized carbons (Fsp3) is 0.526. The summed E-state index contributed by atoms with van der Waals surface area (Å²) < 4.78 is 52.9. The number of alkyl halides is 2. The third-order valence-electron chi connectivity index (χ3n) is 5.23. The number of carbonyl (C=O) groups excluding carboxylic acids is 2. The maximum Gasteiger partial charge on any atom is 0.276 e. The Labute approximate surface area is 164 Å².